The van der Waals surface area contributed by atoms with Crippen molar-refractivity contribution in [3.05, 3.63) is 0 Å². The average molecular weight is 202 g/mol. The normalized spacial score (nSPS) is 15.7. The van der Waals surface area contributed by atoms with Gasteiger partial charge in [-0.15, -0.1) is 5.10 Å². The maximum Gasteiger partial charge on any atom is 0.209 e. The van der Waals surface area contributed by atoms with E-state index in [9.17, 15) is 5.11 Å². The van der Waals surface area contributed by atoms with Gasteiger partial charge >= 0.3 is 0 Å². The highest BCUT2D eigenvalue weighted by Crippen LogP contribution is 2.21. The number of hydrogen-bond donors (Lipinski definition) is 1. The van der Waals surface area contributed by atoms with Gasteiger partial charge in [-0.05, 0) is 23.8 Å². The number of nitrogens with zero attached hydrogens (tertiary/aromatic N) is 4. The summed E-state index contributed by atoms with van der Waals surface area (Å²) < 4.78 is 1.59. The smallest absolute Gasteiger partial charge is 0.209 e. The van der Waals surface area contributed by atoms with Crippen LogP contribution in [0.4, 0.5) is 0 Å². The highest BCUT2D eigenvalue weighted by Gasteiger charge is 2.19. The van der Waals surface area contributed by atoms with Crippen LogP contribution in [-0.4, -0.2) is 36.7 Å². The first-order valence-corrected chi connectivity index (χ1v) is 5.11. The van der Waals surface area contributed by atoms with Gasteiger partial charge < -0.3 is 5.11 Å². The summed E-state index contributed by atoms with van der Waals surface area (Å²) in [4.78, 5) is 0. The number of tetrazole rings is 1. The molecule has 0 saturated carbocycles. The molecule has 0 fully saturated rings. The van der Waals surface area contributed by atoms with Crippen molar-refractivity contribution in [3.8, 4) is 0 Å². The third-order valence-corrected chi connectivity index (χ3v) is 3.23. The fraction of sp³-hybridized carbons (Fsp3) is 0.857. The summed E-state index contributed by atoms with van der Waals surface area (Å²) >= 11 is 1.46. The molecule has 0 bridgehead atoms. The Kier molecular flexibility index (Phi) is 3.27. The highest BCUT2D eigenvalue weighted by molar-refractivity contribution is 7.99. The fourth-order valence-corrected chi connectivity index (χ4v) is 1.63. The van der Waals surface area contributed by atoms with Gasteiger partial charge in [-0.3, -0.25) is 0 Å². The molecule has 0 aliphatic heterocycles. The molecule has 5 nitrogen and oxygen atoms in total. The first kappa shape index (κ1) is 10.5. The lowest BCUT2D eigenvalue weighted by Crippen LogP contribution is -2.26. The molecular formula is C7H14N4OS. The van der Waals surface area contributed by atoms with E-state index in [0.717, 1.165) is 11.6 Å². The predicted molar refractivity (Wildman–Crippen MR) is 50.4 cm³/mol. The van der Waals surface area contributed by atoms with Crippen LogP contribution in [0.1, 0.15) is 20.3 Å². The Balaban J connectivity index is 2.48. The van der Waals surface area contributed by atoms with Gasteiger partial charge in [0.2, 0.25) is 5.16 Å². The van der Waals surface area contributed by atoms with Crippen molar-refractivity contribution < 1.29 is 5.11 Å². The molecule has 1 rings (SSSR count). The lowest BCUT2D eigenvalue weighted by molar-refractivity contribution is 0.0815. The van der Waals surface area contributed by atoms with Crippen molar-refractivity contribution >= 4 is 11.8 Å². The maximum atomic E-state index is 9.71. The minimum atomic E-state index is -0.642. The van der Waals surface area contributed by atoms with Crippen molar-refractivity contribution in [3.63, 3.8) is 0 Å². The molecule has 0 saturated heterocycles. The molecule has 1 aromatic heterocycles. The molecule has 74 valence electrons. The molecule has 1 aromatic rings. The number of aromatic nitrogens is 4. The second kappa shape index (κ2) is 4.06. The largest absolute Gasteiger partial charge is 0.389 e. The van der Waals surface area contributed by atoms with Crippen molar-refractivity contribution in [2.24, 2.45) is 7.05 Å². The molecule has 0 radical (unpaired) electrons. The molecule has 1 atom stereocenters. The summed E-state index contributed by atoms with van der Waals surface area (Å²) in [6.45, 7) is 3.76. The van der Waals surface area contributed by atoms with Gasteiger partial charge in [0.25, 0.3) is 0 Å². The van der Waals surface area contributed by atoms with Gasteiger partial charge in [0.15, 0.2) is 0 Å². The quantitative estimate of drug-likeness (QED) is 0.719. The van der Waals surface area contributed by atoms with Crippen molar-refractivity contribution in [1.29, 1.82) is 0 Å². The van der Waals surface area contributed by atoms with E-state index < -0.39 is 5.60 Å². The summed E-state index contributed by atoms with van der Waals surface area (Å²) in [5, 5.41) is 21.5. The maximum absolute atomic E-state index is 9.71. The molecule has 1 heterocycles. The molecular weight excluding hydrogens is 188 g/mol. The lowest BCUT2D eigenvalue weighted by atomic mass is 10.1. The van der Waals surface area contributed by atoms with Crippen molar-refractivity contribution in [2.45, 2.75) is 31.0 Å². The van der Waals surface area contributed by atoms with Crippen LogP contribution in [-0.2, 0) is 7.05 Å². The Morgan fingerprint density at radius 1 is 1.62 bits per heavy atom. The Morgan fingerprint density at radius 3 is 2.77 bits per heavy atom. The molecule has 0 spiro atoms. The number of aliphatic hydroxyl groups is 1. The van der Waals surface area contributed by atoms with Crippen LogP contribution in [0.15, 0.2) is 5.16 Å². The SMILES string of the molecule is CCC(C)(O)CSc1nnnn1C. The summed E-state index contributed by atoms with van der Waals surface area (Å²) in [7, 11) is 1.78. The van der Waals surface area contributed by atoms with Gasteiger partial charge in [-0.2, -0.15) is 0 Å². The summed E-state index contributed by atoms with van der Waals surface area (Å²) in [5.74, 6) is 0.609. The Morgan fingerprint density at radius 2 is 2.31 bits per heavy atom. The number of aryl methyl sites for hydroxylation is 1. The van der Waals surface area contributed by atoms with E-state index in [1.807, 2.05) is 13.8 Å². The average Bonchev–Trinajstić information content (AvgIpc) is 2.48. The van der Waals surface area contributed by atoms with E-state index in [0.29, 0.717) is 5.75 Å². The van der Waals surface area contributed by atoms with E-state index in [1.165, 1.54) is 11.8 Å². The summed E-state index contributed by atoms with van der Waals surface area (Å²) in [6, 6.07) is 0. The van der Waals surface area contributed by atoms with Gasteiger partial charge in [0.05, 0.1) is 5.60 Å². The minimum absolute atomic E-state index is 0.609. The lowest BCUT2D eigenvalue weighted by Gasteiger charge is -2.19. The van der Waals surface area contributed by atoms with E-state index in [1.54, 1.807) is 11.7 Å². The minimum Gasteiger partial charge on any atom is -0.389 e. The van der Waals surface area contributed by atoms with Gasteiger partial charge in [-0.25, -0.2) is 4.68 Å². The van der Waals surface area contributed by atoms with Crippen molar-refractivity contribution in [1.82, 2.24) is 20.2 Å². The van der Waals surface area contributed by atoms with Gasteiger partial charge in [0, 0.05) is 12.8 Å². The second-order valence-corrected chi connectivity index (χ2v) is 4.17. The standard InChI is InChI=1S/C7H14N4OS/c1-4-7(2,12)5-13-6-8-9-10-11(6)3/h12H,4-5H2,1-3H3. The zero-order valence-electron chi connectivity index (χ0n) is 8.06. The fourth-order valence-electron chi connectivity index (χ4n) is 0.666. The van der Waals surface area contributed by atoms with Crippen LogP contribution < -0.4 is 0 Å². The van der Waals surface area contributed by atoms with Crippen molar-refractivity contribution in [2.75, 3.05) is 5.75 Å². The number of hydrogen-bond acceptors (Lipinski definition) is 5. The van der Waals surface area contributed by atoms with Crippen LogP contribution in [0.5, 0.6) is 0 Å². The van der Waals surface area contributed by atoms with E-state index >= 15 is 0 Å². The third-order valence-electron chi connectivity index (χ3n) is 1.86. The Hall–Kier alpha value is -0.620. The van der Waals surface area contributed by atoms with Crippen LogP contribution in [0.3, 0.4) is 0 Å². The molecule has 6 heteroatoms. The van der Waals surface area contributed by atoms with Crippen LogP contribution in [0.2, 0.25) is 0 Å². The zero-order chi connectivity index (χ0) is 9.90. The van der Waals surface area contributed by atoms with Crippen LogP contribution in [0.25, 0.3) is 0 Å². The van der Waals surface area contributed by atoms with E-state index in [-0.39, 0.29) is 0 Å². The Bertz CT molecular complexity index is 273. The molecule has 1 N–H and O–H groups in total. The first-order chi connectivity index (χ1) is 6.05. The van der Waals surface area contributed by atoms with Gasteiger partial charge in [-0.1, -0.05) is 18.7 Å². The molecule has 13 heavy (non-hydrogen) atoms. The predicted octanol–water partition coefficient (Wildman–Crippen LogP) is 0.463. The monoisotopic (exact) mass is 202 g/mol. The topological polar surface area (TPSA) is 63.8 Å². The number of rotatable bonds is 4. The molecule has 1 unspecified atom stereocenters. The third kappa shape index (κ3) is 2.96. The van der Waals surface area contributed by atoms with Gasteiger partial charge in [0.1, 0.15) is 0 Å². The molecule has 0 aliphatic rings. The molecule has 0 aliphatic carbocycles. The molecule has 0 amide bonds. The van der Waals surface area contributed by atoms with Crippen LogP contribution >= 0.6 is 11.8 Å². The van der Waals surface area contributed by atoms with Crippen LogP contribution in [0, 0.1) is 0 Å². The number of thioether (sulfide) groups is 1. The van der Waals surface area contributed by atoms with E-state index in [2.05, 4.69) is 15.5 Å². The highest BCUT2D eigenvalue weighted by atomic mass is 32.2. The zero-order valence-corrected chi connectivity index (χ0v) is 8.88. The summed E-state index contributed by atoms with van der Waals surface area (Å²) in [5.41, 5.74) is -0.642. The first-order valence-electron chi connectivity index (χ1n) is 4.13. The Labute approximate surface area is 81.5 Å². The molecule has 0 aromatic carbocycles. The summed E-state index contributed by atoms with van der Waals surface area (Å²) in [6.07, 6.45) is 0.727. The second-order valence-electron chi connectivity index (χ2n) is 3.22. The van der Waals surface area contributed by atoms with E-state index in [4.69, 9.17) is 0 Å².